The van der Waals surface area contributed by atoms with Crippen LogP contribution in [0.1, 0.15) is 32.6 Å². The second-order valence-electron chi connectivity index (χ2n) is 5.31. The number of fused-ring (bicyclic) bond motifs is 1. The second-order valence-corrected chi connectivity index (χ2v) is 5.31. The van der Waals surface area contributed by atoms with Crippen LogP contribution in [0.15, 0.2) is 24.3 Å². The van der Waals surface area contributed by atoms with Gasteiger partial charge in [0.15, 0.2) is 0 Å². The van der Waals surface area contributed by atoms with Crippen molar-refractivity contribution < 1.29 is 17.6 Å². The largest absolute Gasteiger partial charge is 0.408 e. The molecule has 1 heterocycles. The molecular formula is C15H18F4N2. The van der Waals surface area contributed by atoms with Crippen LogP contribution in [0.25, 0.3) is 10.9 Å². The molecule has 2 nitrogen and oxygen atoms in total. The highest BCUT2D eigenvalue weighted by molar-refractivity contribution is 5.79. The molecule has 1 aromatic heterocycles. The third-order valence-electron chi connectivity index (χ3n) is 3.34. The normalized spacial score (nSPS) is 14.9. The molecule has 0 saturated heterocycles. The molecule has 1 fully saturated rings. The predicted octanol–water partition coefficient (Wildman–Crippen LogP) is 4.93. The molecule has 0 amide bonds. The minimum absolute atomic E-state index is 0.0988. The molecule has 2 aromatic rings. The number of hydrogen-bond acceptors (Lipinski definition) is 1. The first-order valence-electron chi connectivity index (χ1n) is 7.08. The van der Waals surface area contributed by atoms with Crippen LogP contribution in [-0.4, -0.2) is 16.0 Å². The molecule has 1 saturated carbocycles. The molecule has 0 bridgehead atoms. The topological polar surface area (TPSA) is 17.8 Å². The molecular weight excluding hydrogens is 284 g/mol. The van der Waals surface area contributed by atoms with Crippen molar-refractivity contribution in [2.24, 2.45) is 5.92 Å². The van der Waals surface area contributed by atoms with Gasteiger partial charge in [-0.1, -0.05) is 44.7 Å². The average Bonchev–Trinajstić information content (AvgIpc) is 3.16. The van der Waals surface area contributed by atoms with Crippen molar-refractivity contribution in [1.82, 2.24) is 9.78 Å². The average molecular weight is 302 g/mol. The first-order chi connectivity index (χ1) is 9.90. The number of hydrogen-bond donors (Lipinski definition) is 0. The van der Waals surface area contributed by atoms with Crippen molar-refractivity contribution in [3.8, 4) is 0 Å². The van der Waals surface area contributed by atoms with E-state index in [2.05, 4.69) is 12.0 Å². The summed E-state index contributed by atoms with van der Waals surface area (Å²) in [6.45, 7) is 0.982. The third-order valence-corrected chi connectivity index (χ3v) is 3.34. The van der Waals surface area contributed by atoms with E-state index in [0.29, 0.717) is 4.68 Å². The van der Waals surface area contributed by atoms with Crippen LogP contribution >= 0.6 is 0 Å². The van der Waals surface area contributed by atoms with E-state index in [1.54, 1.807) is 6.07 Å². The van der Waals surface area contributed by atoms with Gasteiger partial charge in [-0.2, -0.15) is 17.6 Å². The van der Waals surface area contributed by atoms with Crippen LogP contribution in [0, 0.1) is 11.9 Å². The van der Waals surface area contributed by atoms with Gasteiger partial charge >= 0.3 is 6.18 Å². The SMILES string of the molecule is CCCC1CC1.Fc1nn(CC(F)(F)F)c2ccccc12. The van der Waals surface area contributed by atoms with E-state index >= 15 is 0 Å². The van der Waals surface area contributed by atoms with E-state index in [4.69, 9.17) is 0 Å². The Kier molecular flexibility index (Phi) is 4.85. The molecule has 1 aliphatic carbocycles. The van der Waals surface area contributed by atoms with Gasteiger partial charge < -0.3 is 0 Å². The molecule has 21 heavy (non-hydrogen) atoms. The van der Waals surface area contributed by atoms with Crippen LogP contribution < -0.4 is 0 Å². The fraction of sp³-hybridized carbons (Fsp3) is 0.533. The number of nitrogens with zero attached hydrogens (tertiary/aromatic N) is 2. The Morgan fingerprint density at radius 2 is 1.90 bits per heavy atom. The van der Waals surface area contributed by atoms with E-state index in [-0.39, 0.29) is 10.9 Å². The summed E-state index contributed by atoms with van der Waals surface area (Å²) in [4.78, 5) is 0. The molecule has 116 valence electrons. The zero-order valence-corrected chi connectivity index (χ0v) is 11.8. The summed E-state index contributed by atoms with van der Waals surface area (Å²) in [7, 11) is 0. The Balaban J connectivity index is 0.000000225. The summed E-state index contributed by atoms with van der Waals surface area (Å²) in [6.07, 6.45) is 1.52. The summed E-state index contributed by atoms with van der Waals surface area (Å²) in [5.41, 5.74) is 0.146. The first-order valence-corrected chi connectivity index (χ1v) is 7.08. The molecule has 1 aromatic carbocycles. The summed E-state index contributed by atoms with van der Waals surface area (Å²) in [5, 5.41) is 3.30. The van der Waals surface area contributed by atoms with Gasteiger partial charge in [-0.05, 0) is 18.1 Å². The van der Waals surface area contributed by atoms with Crippen molar-refractivity contribution >= 4 is 10.9 Å². The number of rotatable bonds is 3. The maximum atomic E-state index is 13.1. The minimum Gasteiger partial charge on any atom is -0.253 e. The fourth-order valence-electron chi connectivity index (χ4n) is 2.19. The van der Waals surface area contributed by atoms with Crippen molar-refractivity contribution in [3.63, 3.8) is 0 Å². The van der Waals surface area contributed by atoms with E-state index in [0.717, 1.165) is 5.92 Å². The summed E-state index contributed by atoms with van der Waals surface area (Å²) in [6, 6.07) is 5.88. The number of halogens is 4. The summed E-state index contributed by atoms with van der Waals surface area (Å²) < 4.78 is 50.0. The van der Waals surface area contributed by atoms with Gasteiger partial charge in [0.1, 0.15) is 6.54 Å². The number of aromatic nitrogens is 2. The first kappa shape index (κ1) is 15.8. The van der Waals surface area contributed by atoms with Crippen molar-refractivity contribution in [3.05, 3.63) is 30.2 Å². The molecule has 0 spiro atoms. The molecule has 0 atom stereocenters. The number of alkyl halides is 3. The lowest BCUT2D eigenvalue weighted by atomic mass is 10.2. The van der Waals surface area contributed by atoms with E-state index in [1.165, 1.54) is 43.9 Å². The lowest BCUT2D eigenvalue weighted by Crippen LogP contribution is -2.18. The molecule has 0 radical (unpaired) electrons. The zero-order valence-electron chi connectivity index (χ0n) is 11.8. The molecule has 3 rings (SSSR count). The Labute approximate surface area is 120 Å². The monoisotopic (exact) mass is 302 g/mol. The molecule has 1 aliphatic rings. The van der Waals surface area contributed by atoms with Crippen LogP contribution in [-0.2, 0) is 6.54 Å². The van der Waals surface area contributed by atoms with E-state index in [1.807, 2.05) is 0 Å². The number of benzene rings is 1. The van der Waals surface area contributed by atoms with Gasteiger partial charge in [0, 0.05) is 0 Å². The summed E-state index contributed by atoms with van der Waals surface area (Å²) >= 11 is 0. The standard InChI is InChI=1S/C9H6F4N2.C6H12/c10-8-6-3-1-2-4-7(6)15(14-8)5-9(11,12)13;1-2-3-6-4-5-6/h1-4H,5H2;6H,2-5H2,1H3. The lowest BCUT2D eigenvalue weighted by molar-refractivity contribution is -0.142. The van der Waals surface area contributed by atoms with Crippen molar-refractivity contribution in [2.45, 2.75) is 45.3 Å². The lowest BCUT2D eigenvalue weighted by Gasteiger charge is -2.06. The van der Waals surface area contributed by atoms with Gasteiger partial charge in [-0.3, -0.25) is 4.68 Å². The van der Waals surface area contributed by atoms with Crippen molar-refractivity contribution in [1.29, 1.82) is 0 Å². The Morgan fingerprint density at radius 3 is 2.43 bits per heavy atom. The van der Waals surface area contributed by atoms with Gasteiger partial charge in [0.2, 0.25) is 5.95 Å². The Bertz CT molecular complexity index is 585. The number of para-hydroxylation sites is 1. The summed E-state index contributed by atoms with van der Waals surface area (Å²) in [5.74, 6) is 0.268. The highest BCUT2D eigenvalue weighted by Gasteiger charge is 2.29. The highest BCUT2D eigenvalue weighted by atomic mass is 19.4. The third kappa shape index (κ3) is 4.72. The smallest absolute Gasteiger partial charge is 0.253 e. The highest BCUT2D eigenvalue weighted by Crippen LogP contribution is 2.33. The van der Waals surface area contributed by atoms with Crippen LogP contribution in [0.2, 0.25) is 0 Å². The fourth-order valence-corrected chi connectivity index (χ4v) is 2.19. The minimum atomic E-state index is -4.40. The van der Waals surface area contributed by atoms with Crippen molar-refractivity contribution in [2.75, 3.05) is 0 Å². The molecule has 0 unspecified atom stereocenters. The van der Waals surface area contributed by atoms with Gasteiger partial charge in [-0.15, -0.1) is 5.10 Å². The quantitative estimate of drug-likeness (QED) is 0.735. The zero-order chi connectivity index (χ0) is 15.5. The molecule has 6 heteroatoms. The maximum absolute atomic E-state index is 13.1. The second kappa shape index (κ2) is 6.45. The van der Waals surface area contributed by atoms with Crippen LogP contribution in [0.4, 0.5) is 17.6 Å². The van der Waals surface area contributed by atoms with Gasteiger partial charge in [0.25, 0.3) is 0 Å². The molecule has 0 N–H and O–H groups in total. The van der Waals surface area contributed by atoms with Gasteiger partial charge in [-0.25, -0.2) is 0 Å². The van der Waals surface area contributed by atoms with Gasteiger partial charge in [0.05, 0.1) is 10.9 Å². The van der Waals surface area contributed by atoms with Crippen LogP contribution in [0.5, 0.6) is 0 Å². The predicted molar refractivity (Wildman–Crippen MR) is 73.4 cm³/mol. The van der Waals surface area contributed by atoms with E-state index in [9.17, 15) is 17.6 Å². The van der Waals surface area contributed by atoms with E-state index < -0.39 is 18.7 Å². The Morgan fingerprint density at radius 1 is 1.24 bits per heavy atom. The van der Waals surface area contributed by atoms with Crippen LogP contribution in [0.3, 0.4) is 0 Å². The molecule has 0 aliphatic heterocycles. The Hall–Kier alpha value is -1.59. The maximum Gasteiger partial charge on any atom is 0.408 e.